The van der Waals surface area contributed by atoms with E-state index in [1.54, 1.807) is 0 Å². The molecule has 0 unspecified atom stereocenters. The number of hydrogen-bond acceptors (Lipinski definition) is 4. The SMILES string of the molecule is CCc1cccc(C)c1Sc1nn(S(=O)(=O)N(C)C)cc1Cl. The topological polar surface area (TPSA) is 55.2 Å². The lowest BCUT2D eigenvalue weighted by Crippen LogP contribution is -2.29. The minimum Gasteiger partial charge on any atom is -0.189 e. The zero-order chi connectivity index (χ0) is 16.5. The Balaban J connectivity index is 2.43. The Morgan fingerprint density at radius 3 is 2.64 bits per heavy atom. The highest BCUT2D eigenvalue weighted by Crippen LogP contribution is 2.36. The summed E-state index contributed by atoms with van der Waals surface area (Å²) in [6.07, 6.45) is 2.21. The van der Waals surface area contributed by atoms with E-state index in [9.17, 15) is 8.42 Å². The monoisotopic (exact) mass is 359 g/mol. The summed E-state index contributed by atoms with van der Waals surface area (Å²) in [6, 6.07) is 6.08. The summed E-state index contributed by atoms with van der Waals surface area (Å²) >= 11 is 7.56. The predicted molar refractivity (Wildman–Crippen MR) is 89.9 cm³/mol. The molecule has 5 nitrogen and oxygen atoms in total. The summed E-state index contributed by atoms with van der Waals surface area (Å²) in [5.41, 5.74) is 2.30. The van der Waals surface area contributed by atoms with Crippen molar-refractivity contribution >= 4 is 33.6 Å². The van der Waals surface area contributed by atoms with Gasteiger partial charge in [-0.25, -0.2) is 0 Å². The molecule has 0 N–H and O–H groups in total. The van der Waals surface area contributed by atoms with E-state index in [4.69, 9.17) is 11.6 Å². The summed E-state index contributed by atoms with van der Waals surface area (Å²) in [6.45, 7) is 4.10. The zero-order valence-corrected chi connectivity index (χ0v) is 15.3. The second-order valence-corrected chi connectivity index (χ2v) is 8.37. The van der Waals surface area contributed by atoms with Crippen LogP contribution in [0.1, 0.15) is 18.1 Å². The van der Waals surface area contributed by atoms with E-state index in [0.29, 0.717) is 10.0 Å². The number of halogens is 1. The van der Waals surface area contributed by atoms with E-state index < -0.39 is 10.2 Å². The lowest BCUT2D eigenvalue weighted by Gasteiger charge is -2.11. The van der Waals surface area contributed by atoms with Gasteiger partial charge in [0.1, 0.15) is 5.03 Å². The number of aryl methyl sites for hydroxylation is 2. The zero-order valence-electron chi connectivity index (χ0n) is 12.9. The maximum absolute atomic E-state index is 12.1. The molecule has 0 aliphatic heterocycles. The van der Waals surface area contributed by atoms with Gasteiger partial charge in [0.25, 0.3) is 0 Å². The van der Waals surface area contributed by atoms with Gasteiger partial charge >= 0.3 is 10.2 Å². The van der Waals surface area contributed by atoms with Crippen molar-refractivity contribution in [3.63, 3.8) is 0 Å². The molecule has 0 aliphatic carbocycles. The third-order valence-corrected chi connectivity index (χ3v) is 6.44. The molecule has 1 aromatic heterocycles. The minimum atomic E-state index is -3.66. The van der Waals surface area contributed by atoms with Crippen molar-refractivity contribution < 1.29 is 8.42 Å². The van der Waals surface area contributed by atoms with Gasteiger partial charge in [-0.05, 0) is 24.5 Å². The fourth-order valence-electron chi connectivity index (χ4n) is 1.91. The maximum Gasteiger partial charge on any atom is 0.322 e. The molecule has 0 fully saturated rings. The van der Waals surface area contributed by atoms with Crippen LogP contribution in [0.3, 0.4) is 0 Å². The molecule has 8 heteroatoms. The first-order valence-corrected chi connectivity index (χ1v) is 9.31. The lowest BCUT2D eigenvalue weighted by molar-refractivity contribution is 0.502. The van der Waals surface area contributed by atoms with Gasteiger partial charge in [0.05, 0.1) is 11.2 Å². The smallest absolute Gasteiger partial charge is 0.189 e. The highest BCUT2D eigenvalue weighted by Gasteiger charge is 2.21. The average Bonchev–Trinajstić information content (AvgIpc) is 2.83. The van der Waals surface area contributed by atoms with Crippen LogP contribution in [0.2, 0.25) is 5.02 Å². The predicted octanol–water partition coefficient (Wildman–Crippen LogP) is 3.21. The first-order valence-electron chi connectivity index (χ1n) is 6.72. The van der Waals surface area contributed by atoms with E-state index in [1.165, 1.54) is 37.6 Å². The Hall–Kier alpha value is -1.02. The first kappa shape index (κ1) is 17.3. The van der Waals surface area contributed by atoms with E-state index >= 15 is 0 Å². The summed E-state index contributed by atoms with van der Waals surface area (Å²) in [4.78, 5) is 1.07. The van der Waals surface area contributed by atoms with E-state index in [0.717, 1.165) is 25.3 Å². The number of aromatic nitrogens is 2. The first-order chi connectivity index (χ1) is 10.3. The van der Waals surface area contributed by atoms with Crippen LogP contribution < -0.4 is 0 Å². The van der Waals surface area contributed by atoms with Gasteiger partial charge < -0.3 is 0 Å². The van der Waals surface area contributed by atoms with Gasteiger partial charge in [-0.15, -0.1) is 9.19 Å². The van der Waals surface area contributed by atoms with Crippen molar-refractivity contribution in [2.75, 3.05) is 14.1 Å². The fraction of sp³-hybridized carbons (Fsp3) is 0.357. The average molecular weight is 360 g/mol. The fourth-order valence-corrected chi connectivity index (χ4v) is 4.07. The normalized spacial score (nSPS) is 12.1. The molecule has 0 spiro atoms. The Bertz CT molecular complexity index is 785. The van der Waals surface area contributed by atoms with Crippen molar-refractivity contribution in [1.29, 1.82) is 0 Å². The molecule has 1 heterocycles. The minimum absolute atomic E-state index is 0.320. The second-order valence-electron chi connectivity index (χ2n) is 4.96. The van der Waals surface area contributed by atoms with Gasteiger partial charge in [0.15, 0.2) is 0 Å². The standard InChI is InChI=1S/C14H18ClN3O2S2/c1-5-11-8-6-7-10(2)13(11)21-14-12(15)9-18(16-14)22(19,20)17(3)4/h6-9H,5H2,1-4H3. The largest absolute Gasteiger partial charge is 0.322 e. The molecule has 0 saturated carbocycles. The summed E-state index contributed by atoms with van der Waals surface area (Å²) in [5.74, 6) is 0. The van der Waals surface area contributed by atoms with Gasteiger partial charge in [-0.3, -0.25) is 0 Å². The van der Waals surface area contributed by atoms with Crippen molar-refractivity contribution in [3.8, 4) is 0 Å². The summed E-state index contributed by atoms with van der Waals surface area (Å²) in [5, 5.41) is 4.94. The van der Waals surface area contributed by atoms with Crippen LogP contribution in [0.15, 0.2) is 34.3 Å². The molecule has 1 aromatic carbocycles. The van der Waals surface area contributed by atoms with Crippen LogP contribution in [-0.2, 0) is 16.6 Å². The highest BCUT2D eigenvalue weighted by atomic mass is 35.5. The summed E-state index contributed by atoms with van der Waals surface area (Å²) < 4.78 is 26.2. The Morgan fingerprint density at radius 2 is 2.05 bits per heavy atom. The third-order valence-electron chi connectivity index (χ3n) is 3.19. The van der Waals surface area contributed by atoms with Crippen molar-refractivity contribution in [2.24, 2.45) is 0 Å². The Kier molecular flexibility index (Phi) is 5.21. The molecule has 2 rings (SSSR count). The number of benzene rings is 1. The molecule has 0 aliphatic rings. The molecular formula is C14H18ClN3O2S2. The van der Waals surface area contributed by atoms with E-state index in [1.807, 2.05) is 19.1 Å². The van der Waals surface area contributed by atoms with Crippen LogP contribution in [0.25, 0.3) is 0 Å². The van der Waals surface area contributed by atoms with Crippen LogP contribution in [-0.4, -0.2) is 36.0 Å². The third kappa shape index (κ3) is 3.32. The molecule has 22 heavy (non-hydrogen) atoms. The quantitative estimate of drug-likeness (QED) is 0.822. The molecule has 0 bridgehead atoms. The molecule has 0 atom stereocenters. The Morgan fingerprint density at radius 1 is 1.36 bits per heavy atom. The second kappa shape index (κ2) is 6.62. The lowest BCUT2D eigenvalue weighted by atomic mass is 10.1. The number of hydrogen-bond donors (Lipinski definition) is 0. The van der Waals surface area contributed by atoms with E-state index in [2.05, 4.69) is 18.1 Å². The molecule has 120 valence electrons. The molecular weight excluding hydrogens is 342 g/mol. The maximum atomic E-state index is 12.1. The van der Waals surface area contributed by atoms with Crippen molar-refractivity contribution in [2.45, 2.75) is 30.2 Å². The van der Waals surface area contributed by atoms with E-state index in [-0.39, 0.29) is 0 Å². The van der Waals surface area contributed by atoms with Gasteiger partial charge in [-0.1, -0.05) is 48.5 Å². The van der Waals surface area contributed by atoms with Crippen molar-refractivity contribution in [1.82, 2.24) is 13.5 Å². The van der Waals surface area contributed by atoms with Gasteiger partial charge in [-0.2, -0.15) is 12.7 Å². The molecule has 0 amide bonds. The number of nitrogens with zero attached hydrogens (tertiary/aromatic N) is 3. The highest BCUT2D eigenvalue weighted by molar-refractivity contribution is 7.99. The Labute approximate surface area is 140 Å². The van der Waals surface area contributed by atoms with Crippen LogP contribution >= 0.6 is 23.4 Å². The summed E-state index contributed by atoms with van der Waals surface area (Å²) in [7, 11) is -0.750. The van der Waals surface area contributed by atoms with Crippen LogP contribution in [0, 0.1) is 6.92 Å². The van der Waals surface area contributed by atoms with Gasteiger partial charge in [0.2, 0.25) is 0 Å². The molecule has 0 saturated heterocycles. The van der Waals surface area contributed by atoms with Crippen LogP contribution in [0.4, 0.5) is 0 Å². The van der Waals surface area contributed by atoms with Gasteiger partial charge in [0, 0.05) is 19.0 Å². The molecule has 2 aromatic rings. The molecule has 0 radical (unpaired) electrons. The van der Waals surface area contributed by atoms with Crippen molar-refractivity contribution in [3.05, 3.63) is 40.5 Å². The van der Waals surface area contributed by atoms with Crippen LogP contribution in [0.5, 0.6) is 0 Å². The number of rotatable bonds is 5.